The van der Waals surface area contributed by atoms with E-state index in [1.807, 2.05) is 6.26 Å². The number of hydrogen-bond acceptors (Lipinski definition) is 2. The minimum Gasteiger partial charge on any atom is -0.345 e. The van der Waals surface area contributed by atoms with Crippen molar-refractivity contribution in [1.82, 2.24) is 9.97 Å². The van der Waals surface area contributed by atoms with Gasteiger partial charge in [-0.2, -0.15) is 0 Å². The van der Waals surface area contributed by atoms with Crippen molar-refractivity contribution in [1.29, 1.82) is 0 Å². The molecular formula is C8H7FN2S. The van der Waals surface area contributed by atoms with Crippen LogP contribution in [-0.2, 0) is 0 Å². The summed E-state index contributed by atoms with van der Waals surface area (Å²) in [5.74, 6) is -0.206. The molecule has 0 atom stereocenters. The van der Waals surface area contributed by atoms with Crippen LogP contribution < -0.4 is 0 Å². The van der Waals surface area contributed by atoms with Crippen molar-refractivity contribution in [3.63, 3.8) is 0 Å². The number of benzene rings is 1. The van der Waals surface area contributed by atoms with E-state index < -0.39 is 0 Å². The van der Waals surface area contributed by atoms with Gasteiger partial charge in [0.05, 0.1) is 16.7 Å². The SMILES string of the molecule is CSc1c(F)ccc2[nH]cnc12. The van der Waals surface area contributed by atoms with Crippen LogP contribution in [0.5, 0.6) is 0 Å². The number of thioether (sulfide) groups is 1. The van der Waals surface area contributed by atoms with Gasteiger partial charge in [-0.05, 0) is 18.4 Å². The summed E-state index contributed by atoms with van der Waals surface area (Å²) in [7, 11) is 0. The molecule has 0 aliphatic rings. The van der Waals surface area contributed by atoms with E-state index in [0.29, 0.717) is 10.4 Å². The van der Waals surface area contributed by atoms with E-state index >= 15 is 0 Å². The summed E-state index contributed by atoms with van der Waals surface area (Å²) in [4.78, 5) is 7.57. The first-order valence-corrected chi connectivity index (χ1v) is 4.71. The van der Waals surface area contributed by atoms with Crippen molar-refractivity contribution in [2.45, 2.75) is 4.90 Å². The first-order chi connectivity index (χ1) is 5.83. The normalized spacial score (nSPS) is 10.8. The Morgan fingerprint density at radius 1 is 1.50 bits per heavy atom. The molecule has 0 aliphatic carbocycles. The van der Waals surface area contributed by atoms with Crippen molar-refractivity contribution in [2.75, 3.05) is 6.26 Å². The molecule has 4 heteroatoms. The average Bonchev–Trinajstić information content (AvgIpc) is 2.52. The Morgan fingerprint density at radius 2 is 2.33 bits per heavy atom. The molecule has 0 radical (unpaired) electrons. The summed E-state index contributed by atoms with van der Waals surface area (Å²) in [6.45, 7) is 0. The summed E-state index contributed by atoms with van der Waals surface area (Å²) < 4.78 is 13.1. The second kappa shape index (κ2) is 2.79. The van der Waals surface area contributed by atoms with Crippen LogP contribution >= 0.6 is 11.8 Å². The molecule has 1 heterocycles. The van der Waals surface area contributed by atoms with Gasteiger partial charge in [-0.3, -0.25) is 0 Å². The number of imidazole rings is 1. The van der Waals surface area contributed by atoms with Crippen molar-refractivity contribution in [3.05, 3.63) is 24.3 Å². The van der Waals surface area contributed by atoms with E-state index in [1.165, 1.54) is 17.8 Å². The molecule has 0 saturated heterocycles. The Morgan fingerprint density at radius 3 is 3.08 bits per heavy atom. The van der Waals surface area contributed by atoms with Gasteiger partial charge in [0.2, 0.25) is 0 Å². The smallest absolute Gasteiger partial charge is 0.139 e. The zero-order chi connectivity index (χ0) is 8.55. The van der Waals surface area contributed by atoms with Gasteiger partial charge >= 0.3 is 0 Å². The van der Waals surface area contributed by atoms with Crippen LogP contribution in [0.15, 0.2) is 23.4 Å². The highest BCUT2D eigenvalue weighted by molar-refractivity contribution is 7.98. The van der Waals surface area contributed by atoms with Crippen LogP contribution in [0.4, 0.5) is 4.39 Å². The number of aromatic nitrogens is 2. The third-order valence-electron chi connectivity index (χ3n) is 1.70. The molecule has 0 bridgehead atoms. The largest absolute Gasteiger partial charge is 0.345 e. The maximum absolute atomic E-state index is 13.1. The van der Waals surface area contributed by atoms with Gasteiger partial charge in [-0.25, -0.2) is 9.37 Å². The molecule has 1 N–H and O–H groups in total. The van der Waals surface area contributed by atoms with Gasteiger partial charge in [0.15, 0.2) is 0 Å². The lowest BCUT2D eigenvalue weighted by Crippen LogP contribution is -1.81. The molecule has 12 heavy (non-hydrogen) atoms. The van der Waals surface area contributed by atoms with Gasteiger partial charge in [-0.15, -0.1) is 11.8 Å². The summed E-state index contributed by atoms with van der Waals surface area (Å²) >= 11 is 1.37. The molecule has 0 saturated carbocycles. The molecular weight excluding hydrogens is 175 g/mol. The quantitative estimate of drug-likeness (QED) is 0.686. The third kappa shape index (κ3) is 0.992. The van der Waals surface area contributed by atoms with Crippen molar-refractivity contribution in [3.8, 4) is 0 Å². The van der Waals surface area contributed by atoms with E-state index in [0.717, 1.165) is 5.52 Å². The number of halogens is 1. The number of fused-ring (bicyclic) bond motifs is 1. The molecule has 2 nitrogen and oxygen atoms in total. The second-order valence-corrected chi connectivity index (χ2v) is 3.20. The Kier molecular flexibility index (Phi) is 1.77. The number of hydrogen-bond donors (Lipinski definition) is 1. The second-order valence-electron chi connectivity index (χ2n) is 2.38. The molecule has 0 amide bonds. The lowest BCUT2D eigenvalue weighted by molar-refractivity contribution is 0.605. The number of aromatic amines is 1. The topological polar surface area (TPSA) is 28.7 Å². The molecule has 0 aliphatic heterocycles. The summed E-state index contributed by atoms with van der Waals surface area (Å²) in [5.41, 5.74) is 1.59. The molecule has 0 unspecified atom stereocenters. The van der Waals surface area contributed by atoms with Crippen LogP contribution in [0.1, 0.15) is 0 Å². The molecule has 1 aromatic heterocycles. The van der Waals surface area contributed by atoms with Crippen LogP contribution in [0.3, 0.4) is 0 Å². The standard InChI is InChI=1S/C8H7FN2S/c1-12-8-5(9)2-3-6-7(8)11-4-10-6/h2-4H,1H3,(H,10,11). The Hall–Kier alpha value is -1.03. The number of nitrogens with zero attached hydrogens (tertiary/aromatic N) is 1. The Bertz CT molecular complexity index is 410. The van der Waals surface area contributed by atoms with Gasteiger partial charge in [0, 0.05) is 0 Å². The summed E-state index contributed by atoms with van der Waals surface area (Å²) in [6, 6.07) is 3.14. The molecule has 62 valence electrons. The number of nitrogens with one attached hydrogen (secondary N) is 1. The minimum atomic E-state index is -0.206. The first kappa shape index (κ1) is 7.61. The monoisotopic (exact) mass is 182 g/mol. The van der Waals surface area contributed by atoms with Crippen LogP contribution in [0.2, 0.25) is 0 Å². The first-order valence-electron chi connectivity index (χ1n) is 3.48. The maximum Gasteiger partial charge on any atom is 0.139 e. The molecule has 2 rings (SSSR count). The Balaban J connectivity index is 2.83. The lowest BCUT2D eigenvalue weighted by atomic mass is 10.3. The van der Waals surface area contributed by atoms with Crippen LogP contribution in [0.25, 0.3) is 11.0 Å². The molecule has 0 fully saturated rings. The molecule has 1 aromatic carbocycles. The highest BCUT2D eigenvalue weighted by Gasteiger charge is 2.07. The highest BCUT2D eigenvalue weighted by Crippen LogP contribution is 2.26. The number of rotatable bonds is 1. The van der Waals surface area contributed by atoms with Crippen LogP contribution in [-0.4, -0.2) is 16.2 Å². The maximum atomic E-state index is 13.1. The van der Waals surface area contributed by atoms with Gasteiger partial charge < -0.3 is 4.98 Å². The molecule has 2 aromatic rings. The van der Waals surface area contributed by atoms with E-state index in [1.54, 1.807) is 12.4 Å². The summed E-state index contributed by atoms with van der Waals surface area (Å²) in [6.07, 6.45) is 3.41. The van der Waals surface area contributed by atoms with Crippen LogP contribution in [0, 0.1) is 5.82 Å². The zero-order valence-corrected chi connectivity index (χ0v) is 7.28. The van der Waals surface area contributed by atoms with Gasteiger partial charge in [0.25, 0.3) is 0 Å². The van der Waals surface area contributed by atoms with Crippen molar-refractivity contribution < 1.29 is 4.39 Å². The predicted octanol–water partition coefficient (Wildman–Crippen LogP) is 2.42. The van der Waals surface area contributed by atoms with Crippen molar-refractivity contribution >= 4 is 22.8 Å². The van der Waals surface area contributed by atoms with E-state index in [9.17, 15) is 4.39 Å². The highest BCUT2D eigenvalue weighted by atomic mass is 32.2. The Labute approximate surface area is 73.2 Å². The summed E-state index contributed by atoms with van der Waals surface area (Å²) in [5, 5.41) is 0. The van der Waals surface area contributed by atoms with Crippen molar-refractivity contribution in [2.24, 2.45) is 0 Å². The fourth-order valence-corrected chi connectivity index (χ4v) is 1.77. The minimum absolute atomic E-state index is 0.206. The van der Waals surface area contributed by atoms with E-state index in [4.69, 9.17) is 0 Å². The predicted molar refractivity (Wildman–Crippen MR) is 47.8 cm³/mol. The lowest BCUT2D eigenvalue weighted by Gasteiger charge is -1.98. The van der Waals surface area contributed by atoms with Gasteiger partial charge in [0.1, 0.15) is 11.3 Å². The fourth-order valence-electron chi connectivity index (χ4n) is 1.15. The van der Waals surface area contributed by atoms with E-state index in [2.05, 4.69) is 9.97 Å². The van der Waals surface area contributed by atoms with E-state index in [-0.39, 0.29) is 5.82 Å². The third-order valence-corrected chi connectivity index (χ3v) is 2.50. The fraction of sp³-hybridized carbons (Fsp3) is 0.125. The van der Waals surface area contributed by atoms with Gasteiger partial charge in [-0.1, -0.05) is 0 Å². The number of H-pyrrole nitrogens is 1. The molecule has 0 spiro atoms. The zero-order valence-electron chi connectivity index (χ0n) is 6.47. The average molecular weight is 182 g/mol.